The van der Waals surface area contributed by atoms with Gasteiger partial charge in [-0.05, 0) is 13.8 Å². The van der Waals surface area contributed by atoms with Crippen LogP contribution in [-0.4, -0.2) is 15.0 Å². The first kappa shape index (κ1) is 11.2. The van der Waals surface area contributed by atoms with Crippen molar-refractivity contribution in [2.75, 3.05) is 0 Å². The molecule has 0 atom stereocenters. The Morgan fingerprint density at radius 3 is 2.56 bits per heavy atom. The van der Waals surface area contributed by atoms with Gasteiger partial charge in [-0.25, -0.2) is 15.0 Å². The zero-order valence-electron chi connectivity index (χ0n) is 9.40. The van der Waals surface area contributed by atoms with E-state index in [0.29, 0.717) is 0 Å². The molecular weight excluding hydrogens is 220 g/mol. The Bertz CT molecular complexity index is 452. The molecule has 2 aromatic rings. The summed E-state index contributed by atoms with van der Waals surface area (Å²) in [7, 11) is 0. The van der Waals surface area contributed by atoms with E-state index in [0.717, 1.165) is 29.4 Å². The van der Waals surface area contributed by atoms with Crippen molar-refractivity contribution in [1.82, 2.24) is 20.3 Å². The number of hydrogen-bond acceptors (Lipinski definition) is 5. The van der Waals surface area contributed by atoms with Crippen molar-refractivity contribution in [2.45, 2.75) is 26.9 Å². The molecule has 2 heterocycles. The zero-order valence-corrected chi connectivity index (χ0v) is 10.2. The van der Waals surface area contributed by atoms with Crippen LogP contribution in [0.4, 0.5) is 0 Å². The molecule has 2 rings (SSSR count). The lowest BCUT2D eigenvalue weighted by molar-refractivity contribution is 0.675. The zero-order chi connectivity index (χ0) is 11.4. The predicted molar refractivity (Wildman–Crippen MR) is 64.2 cm³/mol. The molecule has 0 unspecified atom stereocenters. The molecule has 0 saturated carbocycles. The average Bonchev–Trinajstić information content (AvgIpc) is 2.59. The summed E-state index contributed by atoms with van der Waals surface area (Å²) in [5, 5.41) is 4.46. The fourth-order valence-corrected chi connectivity index (χ4v) is 2.32. The molecule has 0 radical (unpaired) electrons. The Labute approximate surface area is 98.8 Å². The second-order valence-corrected chi connectivity index (χ2v) is 4.99. The van der Waals surface area contributed by atoms with Crippen molar-refractivity contribution < 1.29 is 0 Å². The largest absolute Gasteiger partial charge is 0.307 e. The van der Waals surface area contributed by atoms with Gasteiger partial charge in [0.15, 0.2) is 0 Å². The Morgan fingerprint density at radius 2 is 1.94 bits per heavy atom. The summed E-state index contributed by atoms with van der Waals surface area (Å²) in [4.78, 5) is 13.7. The molecule has 0 saturated heterocycles. The van der Waals surface area contributed by atoms with Gasteiger partial charge in [0.1, 0.15) is 6.33 Å². The van der Waals surface area contributed by atoms with E-state index in [-0.39, 0.29) is 0 Å². The van der Waals surface area contributed by atoms with Crippen LogP contribution in [0.1, 0.15) is 21.1 Å². The van der Waals surface area contributed by atoms with Crippen LogP contribution in [-0.2, 0) is 13.1 Å². The lowest BCUT2D eigenvalue weighted by Gasteiger charge is -2.02. The summed E-state index contributed by atoms with van der Waals surface area (Å²) in [5.74, 6) is 0. The van der Waals surface area contributed by atoms with Gasteiger partial charge in [-0.15, -0.1) is 11.3 Å². The van der Waals surface area contributed by atoms with Gasteiger partial charge in [0, 0.05) is 35.9 Å². The van der Waals surface area contributed by atoms with Crippen molar-refractivity contribution in [3.05, 3.63) is 39.9 Å². The molecule has 1 N–H and O–H groups in total. The maximum Gasteiger partial charge on any atom is 0.115 e. The Morgan fingerprint density at radius 1 is 1.19 bits per heavy atom. The van der Waals surface area contributed by atoms with Crippen molar-refractivity contribution in [2.24, 2.45) is 0 Å². The summed E-state index contributed by atoms with van der Waals surface area (Å²) >= 11 is 1.74. The first-order valence-electron chi connectivity index (χ1n) is 5.13. The molecule has 0 spiro atoms. The van der Waals surface area contributed by atoms with Crippen molar-refractivity contribution >= 4 is 11.3 Å². The summed E-state index contributed by atoms with van der Waals surface area (Å²) in [6.45, 7) is 5.71. The average molecular weight is 234 g/mol. The van der Waals surface area contributed by atoms with Crippen LogP contribution in [0.15, 0.2) is 18.7 Å². The lowest BCUT2D eigenvalue weighted by Crippen LogP contribution is -2.13. The van der Waals surface area contributed by atoms with Crippen LogP contribution in [0.5, 0.6) is 0 Å². The molecule has 0 aromatic carbocycles. The molecule has 5 heteroatoms. The molecule has 0 aliphatic carbocycles. The third-order valence-electron chi connectivity index (χ3n) is 2.24. The molecule has 84 valence electrons. The highest BCUT2D eigenvalue weighted by Crippen LogP contribution is 2.15. The number of nitrogens with one attached hydrogen (secondary N) is 1. The van der Waals surface area contributed by atoms with Crippen molar-refractivity contribution in [3.8, 4) is 0 Å². The highest BCUT2D eigenvalue weighted by atomic mass is 32.1. The van der Waals surface area contributed by atoms with Crippen LogP contribution in [0.25, 0.3) is 0 Å². The smallest absolute Gasteiger partial charge is 0.115 e. The fraction of sp³-hybridized carbons (Fsp3) is 0.364. The quantitative estimate of drug-likeness (QED) is 0.877. The minimum Gasteiger partial charge on any atom is -0.307 e. The lowest BCUT2D eigenvalue weighted by atomic mass is 10.3. The fourth-order valence-electron chi connectivity index (χ4n) is 1.48. The van der Waals surface area contributed by atoms with Gasteiger partial charge in [0.05, 0.1) is 10.7 Å². The highest BCUT2D eigenvalue weighted by molar-refractivity contribution is 7.11. The third kappa shape index (κ3) is 2.84. The Hall–Kier alpha value is -1.33. The van der Waals surface area contributed by atoms with E-state index in [2.05, 4.69) is 27.2 Å². The summed E-state index contributed by atoms with van der Waals surface area (Å²) in [5.41, 5.74) is 2.23. The number of aryl methyl sites for hydroxylation is 2. The van der Waals surface area contributed by atoms with Crippen molar-refractivity contribution in [3.63, 3.8) is 0 Å². The number of rotatable bonds is 4. The standard InChI is InChI=1S/C11H14N4S/c1-8-11(15-9(2)16-8)6-12-3-10-4-13-7-14-5-10/h4-5,7,12H,3,6H2,1-2H3. The number of aromatic nitrogens is 3. The molecule has 16 heavy (non-hydrogen) atoms. The normalized spacial score (nSPS) is 10.6. The Balaban J connectivity index is 1.87. The maximum atomic E-state index is 4.47. The molecule has 0 amide bonds. The van der Waals surface area contributed by atoms with Gasteiger partial charge in [-0.2, -0.15) is 0 Å². The van der Waals surface area contributed by atoms with E-state index >= 15 is 0 Å². The minimum atomic E-state index is 0.775. The molecule has 0 bridgehead atoms. The number of thiazole rings is 1. The van der Waals surface area contributed by atoms with Gasteiger partial charge in [0.25, 0.3) is 0 Å². The van der Waals surface area contributed by atoms with E-state index in [1.807, 2.05) is 19.3 Å². The van der Waals surface area contributed by atoms with Crippen LogP contribution in [0.2, 0.25) is 0 Å². The SMILES string of the molecule is Cc1nc(CNCc2cncnc2)c(C)s1. The van der Waals surface area contributed by atoms with Gasteiger partial charge >= 0.3 is 0 Å². The number of nitrogens with zero attached hydrogens (tertiary/aromatic N) is 3. The number of hydrogen-bond donors (Lipinski definition) is 1. The topological polar surface area (TPSA) is 50.7 Å². The minimum absolute atomic E-state index is 0.775. The highest BCUT2D eigenvalue weighted by Gasteiger charge is 2.03. The summed E-state index contributed by atoms with van der Waals surface area (Å²) in [6, 6.07) is 0. The van der Waals surface area contributed by atoms with E-state index in [9.17, 15) is 0 Å². The molecular formula is C11H14N4S. The van der Waals surface area contributed by atoms with Crippen LogP contribution < -0.4 is 5.32 Å². The summed E-state index contributed by atoms with van der Waals surface area (Å²) < 4.78 is 0. The second-order valence-electron chi connectivity index (χ2n) is 3.59. The molecule has 0 fully saturated rings. The van der Waals surface area contributed by atoms with E-state index in [4.69, 9.17) is 0 Å². The van der Waals surface area contributed by atoms with Crippen molar-refractivity contribution in [1.29, 1.82) is 0 Å². The van der Waals surface area contributed by atoms with Gasteiger partial charge in [0.2, 0.25) is 0 Å². The maximum absolute atomic E-state index is 4.47. The van der Waals surface area contributed by atoms with Crippen LogP contribution in [0.3, 0.4) is 0 Å². The van der Waals surface area contributed by atoms with E-state index < -0.39 is 0 Å². The first-order chi connectivity index (χ1) is 7.75. The van der Waals surface area contributed by atoms with Gasteiger partial charge in [-0.1, -0.05) is 0 Å². The molecule has 4 nitrogen and oxygen atoms in total. The van der Waals surface area contributed by atoms with Gasteiger partial charge < -0.3 is 5.32 Å². The summed E-state index contributed by atoms with van der Waals surface area (Å²) in [6.07, 6.45) is 5.18. The molecule has 0 aliphatic rings. The van der Waals surface area contributed by atoms with Crippen LogP contribution in [0, 0.1) is 13.8 Å². The third-order valence-corrected chi connectivity index (χ3v) is 3.16. The Kier molecular flexibility index (Phi) is 3.58. The predicted octanol–water partition coefficient (Wildman–Crippen LogP) is 1.84. The second kappa shape index (κ2) is 5.14. The monoisotopic (exact) mass is 234 g/mol. The molecule has 0 aliphatic heterocycles. The van der Waals surface area contributed by atoms with Crippen LogP contribution >= 0.6 is 11.3 Å². The van der Waals surface area contributed by atoms with E-state index in [1.54, 1.807) is 11.3 Å². The van der Waals surface area contributed by atoms with Gasteiger partial charge in [-0.3, -0.25) is 0 Å². The molecule has 2 aromatic heterocycles. The van der Waals surface area contributed by atoms with E-state index in [1.165, 1.54) is 11.2 Å². The first-order valence-corrected chi connectivity index (χ1v) is 5.95.